The number of pyridine rings is 1. The standard InChI is InChI=1S/C31H37N5O5S/c1-6-9-12-23(7-2)20-35-30(38)26(19-32)21(4)29(31(35)39)34-33-27-13-10-11-14-28(27)42(40,41)36(8-3)25-17-15-24(16-18-25)22(5)37/h10-11,13-18,23,39H,6-9,12,20H2,1-5H3/b34-33+. The Balaban J connectivity index is 2.09. The predicted molar refractivity (Wildman–Crippen MR) is 162 cm³/mol. The maximum atomic E-state index is 13.8. The van der Waals surface area contributed by atoms with Crippen molar-refractivity contribution in [3.8, 4) is 11.9 Å². The SMILES string of the molecule is CCCCC(CC)Cn1c(O)c(/N=N/c2ccccc2S(=O)(=O)N(CC)c2ccc(C(C)=O)cc2)c(C)c(C#N)c1=O. The van der Waals surface area contributed by atoms with Gasteiger partial charge in [0.2, 0.25) is 5.88 Å². The van der Waals surface area contributed by atoms with Crippen molar-refractivity contribution < 1.29 is 18.3 Å². The molecule has 0 aliphatic rings. The van der Waals surface area contributed by atoms with Crippen molar-refractivity contribution in [1.29, 1.82) is 5.26 Å². The highest BCUT2D eigenvalue weighted by Crippen LogP contribution is 2.35. The highest BCUT2D eigenvalue weighted by Gasteiger charge is 2.27. The molecule has 11 heteroatoms. The first-order valence-electron chi connectivity index (χ1n) is 14.0. The Bertz CT molecular complexity index is 1670. The number of sulfonamides is 1. The van der Waals surface area contributed by atoms with Gasteiger partial charge in [-0.25, -0.2) is 8.42 Å². The molecule has 1 atom stereocenters. The maximum absolute atomic E-state index is 13.8. The summed E-state index contributed by atoms with van der Waals surface area (Å²) in [5.41, 5.74) is 0.185. The number of hydrogen-bond donors (Lipinski definition) is 1. The molecule has 1 heterocycles. The lowest BCUT2D eigenvalue weighted by atomic mass is 9.99. The van der Waals surface area contributed by atoms with Gasteiger partial charge in [-0.05, 0) is 69.5 Å². The third kappa shape index (κ3) is 6.77. The van der Waals surface area contributed by atoms with Crippen molar-refractivity contribution in [3.05, 3.63) is 75.6 Å². The van der Waals surface area contributed by atoms with E-state index in [9.17, 15) is 28.4 Å². The number of carbonyl (C=O) groups excluding carboxylic acids is 1. The van der Waals surface area contributed by atoms with Crippen molar-refractivity contribution in [3.63, 3.8) is 0 Å². The molecule has 0 saturated carbocycles. The second kappa shape index (κ2) is 14.0. The molecule has 0 aliphatic carbocycles. The zero-order valence-electron chi connectivity index (χ0n) is 24.7. The number of aromatic nitrogens is 1. The monoisotopic (exact) mass is 591 g/mol. The molecule has 0 spiro atoms. The Morgan fingerprint density at radius 1 is 1.10 bits per heavy atom. The number of benzene rings is 2. The topological polar surface area (TPSA) is 145 Å². The fourth-order valence-corrected chi connectivity index (χ4v) is 6.34. The molecule has 0 bridgehead atoms. The summed E-state index contributed by atoms with van der Waals surface area (Å²) in [5.74, 6) is -0.437. The van der Waals surface area contributed by atoms with Crippen molar-refractivity contribution in [2.24, 2.45) is 16.1 Å². The van der Waals surface area contributed by atoms with Gasteiger partial charge in [0.1, 0.15) is 22.2 Å². The van der Waals surface area contributed by atoms with Crippen molar-refractivity contribution >= 4 is 32.9 Å². The second-order valence-electron chi connectivity index (χ2n) is 10.1. The van der Waals surface area contributed by atoms with E-state index in [1.54, 1.807) is 43.3 Å². The second-order valence-corrected chi connectivity index (χ2v) is 11.9. The molecule has 0 saturated heterocycles. The molecule has 1 aromatic heterocycles. The largest absolute Gasteiger partial charge is 0.493 e. The average Bonchev–Trinajstić information content (AvgIpc) is 2.97. The number of carbonyl (C=O) groups is 1. The number of nitriles is 1. The lowest BCUT2D eigenvalue weighted by Crippen LogP contribution is -2.30. The number of rotatable bonds is 13. The number of aromatic hydroxyl groups is 1. The van der Waals surface area contributed by atoms with Gasteiger partial charge in [0.15, 0.2) is 11.5 Å². The zero-order chi connectivity index (χ0) is 31.0. The summed E-state index contributed by atoms with van der Waals surface area (Å²) in [6.07, 6.45) is 3.62. The van der Waals surface area contributed by atoms with Gasteiger partial charge >= 0.3 is 0 Å². The van der Waals surface area contributed by atoms with E-state index >= 15 is 0 Å². The van der Waals surface area contributed by atoms with Crippen LogP contribution in [-0.2, 0) is 16.6 Å². The first-order valence-corrected chi connectivity index (χ1v) is 15.5. The summed E-state index contributed by atoms with van der Waals surface area (Å²) in [6.45, 7) is 9.05. The van der Waals surface area contributed by atoms with Gasteiger partial charge in [-0.15, -0.1) is 10.2 Å². The third-order valence-electron chi connectivity index (χ3n) is 7.29. The number of nitrogens with zero attached hydrogens (tertiary/aromatic N) is 5. The lowest BCUT2D eigenvalue weighted by molar-refractivity contribution is 0.101. The fraction of sp³-hybridized carbons (Fsp3) is 0.387. The van der Waals surface area contributed by atoms with E-state index in [0.29, 0.717) is 11.3 Å². The van der Waals surface area contributed by atoms with E-state index in [0.717, 1.165) is 30.3 Å². The van der Waals surface area contributed by atoms with Crippen molar-refractivity contribution in [2.75, 3.05) is 10.8 Å². The first-order chi connectivity index (χ1) is 20.0. The highest BCUT2D eigenvalue weighted by molar-refractivity contribution is 7.93. The minimum Gasteiger partial charge on any atom is -0.493 e. The molecule has 10 nitrogen and oxygen atoms in total. The maximum Gasteiger partial charge on any atom is 0.271 e. The van der Waals surface area contributed by atoms with Crippen LogP contribution in [0.3, 0.4) is 0 Å². The quantitative estimate of drug-likeness (QED) is 0.171. The Labute approximate surface area is 247 Å². The van der Waals surface area contributed by atoms with E-state index in [-0.39, 0.29) is 52.2 Å². The van der Waals surface area contributed by atoms with Crippen LogP contribution in [0, 0.1) is 24.2 Å². The van der Waals surface area contributed by atoms with Crippen molar-refractivity contribution in [1.82, 2.24) is 4.57 Å². The van der Waals surface area contributed by atoms with Gasteiger partial charge in [0.25, 0.3) is 15.6 Å². The molecule has 1 N–H and O–H groups in total. The van der Waals surface area contributed by atoms with Gasteiger partial charge < -0.3 is 5.11 Å². The Kier molecular flexibility index (Phi) is 10.8. The van der Waals surface area contributed by atoms with E-state index in [1.807, 2.05) is 13.0 Å². The zero-order valence-corrected chi connectivity index (χ0v) is 25.5. The lowest BCUT2D eigenvalue weighted by Gasteiger charge is -2.23. The number of hydrogen-bond acceptors (Lipinski definition) is 8. The van der Waals surface area contributed by atoms with Gasteiger partial charge in [0, 0.05) is 24.2 Å². The molecule has 0 fully saturated rings. The molecule has 3 aromatic rings. The summed E-state index contributed by atoms with van der Waals surface area (Å²) < 4.78 is 30.0. The van der Waals surface area contributed by atoms with Crippen LogP contribution in [0.4, 0.5) is 17.1 Å². The summed E-state index contributed by atoms with van der Waals surface area (Å²) >= 11 is 0. The molecule has 2 aromatic carbocycles. The van der Waals surface area contributed by atoms with Gasteiger partial charge in [-0.3, -0.25) is 18.5 Å². The number of unbranched alkanes of at least 4 members (excludes halogenated alkanes) is 1. The molecule has 0 aliphatic heterocycles. The van der Waals surface area contributed by atoms with Crippen molar-refractivity contribution in [2.45, 2.75) is 71.7 Å². The number of ketones is 1. The van der Waals surface area contributed by atoms with Crippen LogP contribution in [0.15, 0.2) is 68.4 Å². The van der Waals surface area contributed by atoms with Crippen LogP contribution in [0.25, 0.3) is 0 Å². The smallest absolute Gasteiger partial charge is 0.271 e. The number of azo groups is 1. The summed E-state index contributed by atoms with van der Waals surface area (Å²) in [6, 6.07) is 14.3. The number of Topliss-reactive ketones (excluding diaryl/α,β-unsaturated/α-hetero) is 1. The molecule has 42 heavy (non-hydrogen) atoms. The van der Waals surface area contributed by atoms with Gasteiger partial charge in [0.05, 0.1) is 5.69 Å². The summed E-state index contributed by atoms with van der Waals surface area (Å²) in [5, 5.41) is 29.2. The normalized spacial score (nSPS) is 12.3. The molecule has 0 radical (unpaired) electrons. The highest BCUT2D eigenvalue weighted by atomic mass is 32.2. The van der Waals surface area contributed by atoms with Crippen LogP contribution >= 0.6 is 0 Å². The van der Waals surface area contributed by atoms with Gasteiger partial charge in [-0.2, -0.15) is 5.26 Å². The molecule has 3 rings (SSSR count). The molecular formula is C31H37N5O5S. The summed E-state index contributed by atoms with van der Waals surface area (Å²) in [7, 11) is -4.12. The van der Waals surface area contributed by atoms with E-state index in [2.05, 4.69) is 17.2 Å². The van der Waals surface area contributed by atoms with E-state index in [1.165, 1.54) is 30.3 Å². The van der Waals surface area contributed by atoms with Gasteiger partial charge in [-0.1, -0.05) is 45.2 Å². The molecule has 1 unspecified atom stereocenters. The third-order valence-corrected chi connectivity index (χ3v) is 9.24. The van der Waals surface area contributed by atoms with E-state index in [4.69, 9.17) is 0 Å². The Morgan fingerprint density at radius 2 is 1.76 bits per heavy atom. The minimum absolute atomic E-state index is 0.0146. The predicted octanol–water partition coefficient (Wildman–Crippen LogP) is 6.78. The van der Waals surface area contributed by atoms with E-state index < -0.39 is 21.5 Å². The molecule has 0 amide bonds. The van der Waals surface area contributed by atoms with Crippen LogP contribution in [-0.4, -0.2) is 30.4 Å². The Hall–Kier alpha value is -4.30. The Morgan fingerprint density at radius 3 is 2.33 bits per heavy atom. The van der Waals surface area contributed by atoms with Crippen LogP contribution in [0.1, 0.15) is 74.9 Å². The first kappa shape index (κ1) is 32.2. The molecular weight excluding hydrogens is 554 g/mol. The minimum atomic E-state index is -4.12. The van der Waals surface area contributed by atoms with Crippen LogP contribution in [0.5, 0.6) is 5.88 Å². The summed E-state index contributed by atoms with van der Waals surface area (Å²) in [4.78, 5) is 24.6. The number of anilines is 1. The average molecular weight is 592 g/mol. The van der Waals surface area contributed by atoms with Crippen LogP contribution in [0.2, 0.25) is 0 Å². The fourth-order valence-electron chi connectivity index (χ4n) is 4.74. The molecule has 222 valence electrons. The van der Waals surface area contributed by atoms with Crippen LogP contribution < -0.4 is 9.86 Å².